The third kappa shape index (κ3) is 3.08. The Kier molecular flexibility index (Phi) is 4.47. The zero-order valence-corrected chi connectivity index (χ0v) is 13.8. The maximum absolute atomic E-state index is 12.5. The van der Waals surface area contributed by atoms with E-state index in [1.54, 1.807) is 17.6 Å². The average Bonchev–Trinajstić information content (AvgIpc) is 2.60. The van der Waals surface area contributed by atoms with Crippen LogP contribution in [0.2, 0.25) is 0 Å². The normalized spacial score (nSPS) is 12.1. The number of nitrogens with one attached hydrogen (secondary N) is 1. The van der Waals surface area contributed by atoms with Gasteiger partial charge in [0.05, 0.1) is 5.52 Å². The van der Waals surface area contributed by atoms with Gasteiger partial charge in [0.1, 0.15) is 6.04 Å². The molecule has 0 aliphatic carbocycles. The van der Waals surface area contributed by atoms with Crippen molar-refractivity contribution in [3.63, 3.8) is 0 Å². The molecule has 1 unspecified atom stereocenters. The lowest BCUT2D eigenvalue weighted by atomic mass is 10.1. The lowest BCUT2D eigenvalue weighted by Gasteiger charge is -2.18. The van der Waals surface area contributed by atoms with E-state index in [-0.39, 0.29) is 11.5 Å². The van der Waals surface area contributed by atoms with Gasteiger partial charge in [0.25, 0.3) is 5.56 Å². The first-order valence-corrected chi connectivity index (χ1v) is 8.00. The molecule has 4 heteroatoms. The highest BCUT2D eigenvalue weighted by molar-refractivity contribution is 5.86. The predicted molar refractivity (Wildman–Crippen MR) is 95.9 cm³/mol. The molecule has 1 atom stereocenters. The number of hydrogen-bond acceptors (Lipinski definition) is 2. The zero-order valence-electron chi connectivity index (χ0n) is 13.8. The van der Waals surface area contributed by atoms with E-state index in [1.165, 1.54) is 0 Å². The number of pyridine rings is 1. The van der Waals surface area contributed by atoms with Crippen LogP contribution in [0, 0.1) is 6.92 Å². The van der Waals surface area contributed by atoms with Crippen LogP contribution in [0.4, 0.5) is 0 Å². The molecule has 0 radical (unpaired) electrons. The first-order valence-electron chi connectivity index (χ1n) is 8.00. The van der Waals surface area contributed by atoms with Crippen LogP contribution in [0.1, 0.15) is 24.1 Å². The van der Waals surface area contributed by atoms with Gasteiger partial charge in [-0.25, -0.2) is 0 Å². The molecule has 0 saturated carbocycles. The Bertz CT molecular complexity index is 929. The van der Waals surface area contributed by atoms with Crippen LogP contribution in [0.15, 0.2) is 65.5 Å². The number of nitrogens with zero attached hydrogens (tertiary/aromatic N) is 1. The summed E-state index contributed by atoms with van der Waals surface area (Å²) in [6, 6.07) is 18.4. The topological polar surface area (TPSA) is 51.1 Å². The van der Waals surface area contributed by atoms with Crippen LogP contribution in [-0.2, 0) is 11.3 Å². The Labute approximate surface area is 140 Å². The molecular weight excluding hydrogens is 300 g/mol. The number of amides is 1. The van der Waals surface area contributed by atoms with Crippen LogP contribution in [0.3, 0.4) is 0 Å². The lowest BCUT2D eigenvalue weighted by molar-refractivity contribution is -0.124. The second-order valence-electron chi connectivity index (χ2n) is 5.93. The maximum atomic E-state index is 12.5. The van der Waals surface area contributed by atoms with E-state index in [0.717, 1.165) is 22.0 Å². The number of para-hydroxylation sites is 1. The molecule has 122 valence electrons. The van der Waals surface area contributed by atoms with E-state index in [0.29, 0.717) is 6.54 Å². The van der Waals surface area contributed by atoms with Crippen LogP contribution in [0.5, 0.6) is 0 Å². The van der Waals surface area contributed by atoms with Gasteiger partial charge in [-0.15, -0.1) is 0 Å². The molecule has 4 nitrogen and oxygen atoms in total. The third-order valence-electron chi connectivity index (χ3n) is 4.24. The van der Waals surface area contributed by atoms with E-state index < -0.39 is 6.04 Å². The van der Waals surface area contributed by atoms with E-state index in [1.807, 2.05) is 61.5 Å². The Morgan fingerprint density at radius 1 is 1.08 bits per heavy atom. The van der Waals surface area contributed by atoms with Crippen LogP contribution >= 0.6 is 0 Å². The fourth-order valence-corrected chi connectivity index (χ4v) is 2.92. The highest BCUT2D eigenvalue weighted by Gasteiger charge is 2.18. The number of benzene rings is 2. The van der Waals surface area contributed by atoms with Crippen molar-refractivity contribution in [2.75, 3.05) is 0 Å². The molecule has 1 heterocycles. The summed E-state index contributed by atoms with van der Waals surface area (Å²) >= 11 is 0. The molecule has 0 bridgehead atoms. The van der Waals surface area contributed by atoms with Crippen molar-refractivity contribution in [2.24, 2.45) is 0 Å². The highest BCUT2D eigenvalue weighted by atomic mass is 16.2. The van der Waals surface area contributed by atoms with Gasteiger partial charge >= 0.3 is 0 Å². The van der Waals surface area contributed by atoms with Crippen LogP contribution in [-0.4, -0.2) is 10.5 Å². The van der Waals surface area contributed by atoms with Crippen LogP contribution < -0.4 is 10.9 Å². The summed E-state index contributed by atoms with van der Waals surface area (Å²) in [4.78, 5) is 25.0. The fourth-order valence-electron chi connectivity index (χ4n) is 2.92. The molecule has 1 amide bonds. The van der Waals surface area contributed by atoms with Gasteiger partial charge in [-0.2, -0.15) is 0 Å². The Balaban J connectivity index is 1.89. The molecule has 0 fully saturated rings. The summed E-state index contributed by atoms with van der Waals surface area (Å²) in [5.41, 5.74) is 2.57. The van der Waals surface area contributed by atoms with E-state index in [9.17, 15) is 9.59 Å². The zero-order chi connectivity index (χ0) is 17.1. The van der Waals surface area contributed by atoms with Crippen LogP contribution in [0.25, 0.3) is 10.9 Å². The van der Waals surface area contributed by atoms with Gasteiger partial charge < -0.3 is 5.32 Å². The molecule has 0 saturated heterocycles. The number of fused-ring (bicyclic) bond motifs is 1. The van der Waals surface area contributed by atoms with Gasteiger partial charge in [0.15, 0.2) is 0 Å². The van der Waals surface area contributed by atoms with Gasteiger partial charge in [0, 0.05) is 18.0 Å². The fraction of sp³-hybridized carbons (Fsp3) is 0.200. The Morgan fingerprint density at radius 2 is 1.75 bits per heavy atom. The maximum Gasteiger partial charge on any atom is 0.252 e. The number of carbonyl (C=O) groups is 1. The van der Waals surface area contributed by atoms with Gasteiger partial charge in [-0.1, -0.05) is 48.5 Å². The SMILES string of the molecule is Cc1cc(=O)n(C(C)C(=O)NCc2ccccc2)c2ccccc12. The third-order valence-corrected chi connectivity index (χ3v) is 4.24. The quantitative estimate of drug-likeness (QED) is 0.802. The van der Waals surface area contributed by atoms with Crippen molar-refractivity contribution < 1.29 is 4.79 Å². The lowest BCUT2D eigenvalue weighted by Crippen LogP contribution is -2.35. The van der Waals surface area contributed by atoms with Crippen molar-refractivity contribution in [1.82, 2.24) is 9.88 Å². The summed E-state index contributed by atoms with van der Waals surface area (Å²) in [5, 5.41) is 3.89. The summed E-state index contributed by atoms with van der Waals surface area (Å²) < 4.78 is 1.56. The minimum Gasteiger partial charge on any atom is -0.350 e. The molecule has 3 rings (SSSR count). The second-order valence-corrected chi connectivity index (χ2v) is 5.93. The van der Waals surface area contributed by atoms with Gasteiger partial charge in [0.2, 0.25) is 5.91 Å². The number of aryl methyl sites for hydroxylation is 1. The van der Waals surface area contributed by atoms with Crippen molar-refractivity contribution in [3.8, 4) is 0 Å². The van der Waals surface area contributed by atoms with E-state index in [2.05, 4.69) is 5.32 Å². The second kappa shape index (κ2) is 6.71. The number of hydrogen-bond donors (Lipinski definition) is 1. The molecule has 1 N–H and O–H groups in total. The molecule has 1 aromatic heterocycles. The molecule has 2 aromatic carbocycles. The molecule has 0 aliphatic rings. The van der Waals surface area contributed by atoms with Crippen molar-refractivity contribution in [2.45, 2.75) is 26.4 Å². The van der Waals surface area contributed by atoms with Crippen molar-refractivity contribution in [3.05, 3.63) is 82.1 Å². The minimum absolute atomic E-state index is 0.159. The number of aromatic nitrogens is 1. The van der Waals surface area contributed by atoms with Gasteiger partial charge in [-0.3, -0.25) is 14.2 Å². The predicted octanol–water partition coefficient (Wildman–Crippen LogP) is 3.19. The minimum atomic E-state index is -0.577. The first kappa shape index (κ1) is 16.0. The van der Waals surface area contributed by atoms with Crippen molar-refractivity contribution >= 4 is 16.8 Å². The molecule has 0 spiro atoms. The monoisotopic (exact) mass is 320 g/mol. The smallest absolute Gasteiger partial charge is 0.252 e. The average molecular weight is 320 g/mol. The Morgan fingerprint density at radius 3 is 2.50 bits per heavy atom. The summed E-state index contributed by atoms with van der Waals surface area (Å²) in [5.74, 6) is -0.171. The number of rotatable bonds is 4. The molecule has 24 heavy (non-hydrogen) atoms. The largest absolute Gasteiger partial charge is 0.350 e. The standard InChI is InChI=1S/C20H20N2O2/c1-14-12-19(23)22(18-11-7-6-10-17(14)18)15(2)20(24)21-13-16-8-4-3-5-9-16/h3-12,15H,13H2,1-2H3,(H,21,24). The summed E-state index contributed by atoms with van der Waals surface area (Å²) in [7, 11) is 0. The summed E-state index contributed by atoms with van der Waals surface area (Å²) in [6.07, 6.45) is 0. The Hall–Kier alpha value is -2.88. The molecule has 3 aromatic rings. The summed E-state index contributed by atoms with van der Waals surface area (Å²) in [6.45, 7) is 4.11. The first-order chi connectivity index (χ1) is 11.6. The number of carbonyl (C=O) groups excluding carboxylic acids is 1. The highest BCUT2D eigenvalue weighted by Crippen LogP contribution is 2.19. The molecule has 0 aliphatic heterocycles. The van der Waals surface area contributed by atoms with Gasteiger partial charge in [-0.05, 0) is 31.0 Å². The van der Waals surface area contributed by atoms with E-state index in [4.69, 9.17) is 0 Å². The van der Waals surface area contributed by atoms with E-state index >= 15 is 0 Å². The molecular formula is C20H20N2O2. The van der Waals surface area contributed by atoms with Crippen molar-refractivity contribution in [1.29, 1.82) is 0 Å².